The molecule has 1 heterocycles. The number of hydrogen-bond acceptors (Lipinski definition) is 4. The van der Waals surface area contributed by atoms with Crippen molar-refractivity contribution in [2.24, 2.45) is 0 Å². The molecule has 1 aliphatic rings. The van der Waals surface area contributed by atoms with E-state index in [0.717, 1.165) is 12.0 Å². The van der Waals surface area contributed by atoms with Gasteiger partial charge in [0, 0.05) is 13.0 Å². The van der Waals surface area contributed by atoms with Gasteiger partial charge in [-0.1, -0.05) is 12.1 Å². The Labute approximate surface area is 122 Å². The molecule has 1 aromatic carbocycles. The van der Waals surface area contributed by atoms with Crippen LogP contribution in [0.5, 0.6) is 0 Å². The van der Waals surface area contributed by atoms with Gasteiger partial charge in [-0.25, -0.2) is 4.79 Å². The van der Waals surface area contributed by atoms with E-state index in [1.54, 1.807) is 24.3 Å². The molecule has 0 radical (unpaired) electrons. The number of esters is 1. The molecule has 1 fully saturated rings. The van der Waals surface area contributed by atoms with Crippen LogP contribution in [0.15, 0.2) is 24.3 Å². The Morgan fingerprint density at radius 1 is 1.33 bits per heavy atom. The second-order valence-corrected chi connectivity index (χ2v) is 5.01. The average molecular weight is 291 g/mol. The second-order valence-electron chi connectivity index (χ2n) is 5.01. The molecule has 1 N–H and O–H groups in total. The molecule has 0 unspecified atom stereocenters. The summed E-state index contributed by atoms with van der Waals surface area (Å²) < 4.78 is 4.56. The van der Waals surface area contributed by atoms with Crippen LogP contribution in [0.3, 0.4) is 0 Å². The van der Waals surface area contributed by atoms with E-state index in [0.29, 0.717) is 13.0 Å². The quantitative estimate of drug-likeness (QED) is 0.844. The van der Waals surface area contributed by atoms with E-state index in [1.165, 1.54) is 12.0 Å². The van der Waals surface area contributed by atoms with E-state index < -0.39 is 11.9 Å². The third-order valence-corrected chi connectivity index (χ3v) is 3.70. The summed E-state index contributed by atoms with van der Waals surface area (Å²) in [5, 5.41) is 8.87. The number of ether oxygens (including phenoxy) is 1. The number of likely N-dealkylation sites (tertiary alicyclic amines) is 1. The highest BCUT2D eigenvalue weighted by molar-refractivity contribution is 5.87. The topological polar surface area (TPSA) is 83.9 Å². The van der Waals surface area contributed by atoms with Crippen LogP contribution in [0.2, 0.25) is 0 Å². The SMILES string of the molecule is COC(=O)CN1CC[C@@H](c2ccc(C(=O)O)cc2)CC1=O. The normalized spacial score (nSPS) is 18.4. The summed E-state index contributed by atoms with van der Waals surface area (Å²) in [5.41, 5.74) is 1.18. The van der Waals surface area contributed by atoms with E-state index in [9.17, 15) is 14.4 Å². The van der Waals surface area contributed by atoms with Crippen molar-refractivity contribution in [2.75, 3.05) is 20.2 Å². The van der Waals surface area contributed by atoms with Crippen molar-refractivity contribution >= 4 is 17.8 Å². The Kier molecular flexibility index (Phi) is 4.57. The number of hydrogen-bond donors (Lipinski definition) is 1. The van der Waals surface area contributed by atoms with Gasteiger partial charge in [0.1, 0.15) is 6.54 Å². The highest BCUT2D eigenvalue weighted by Gasteiger charge is 2.28. The molecule has 6 heteroatoms. The number of carbonyl (C=O) groups is 3. The Hall–Kier alpha value is -2.37. The average Bonchev–Trinajstić information content (AvgIpc) is 2.49. The Bertz CT molecular complexity index is 552. The molecule has 1 atom stereocenters. The van der Waals surface area contributed by atoms with Crippen LogP contribution in [0.4, 0.5) is 0 Å². The zero-order valence-electron chi connectivity index (χ0n) is 11.7. The van der Waals surface area contributed by atoms with Crippen LogP contribution in [0.25, 0.3) is 0 Å². The summed E-state index contributed by atoms with van der Waals surface area (Å²) >= 11 is 0. The Balaban J connectivity index is 2.00. The zero-order valence-corrected chi connectivity index (χ0v) is 11.7. The first-order valence-corrected chi connectivity index (χ1v) is 6.69. The molecule has 0 bridgehead atoms. The highest BCUT2D eigenvalue weighted by Crippen LogP contribution is 2.28. The number of rotatable bonds is 4. The molecule has 0 aliphatic carbocycles. The van der Waals surface area contributed by atoms with Crippen molar-refractivity contribution in [1.29, 1.82) is 0 Å². The molecule has 0 saturated carbocycles. The minimum absolute atomic E-state index is 0.0139. The molecular formula is C15H17NO5. The lowest BCUT2D eigenvalue weighted by Gasteiger charge is -2.31. The number of methoxy groups -OCH3 is 1. The maximum Gasteiger partial charge on any atom is 0.335 e. The number of nitrogens with zero attached hydrogens (tertiary/aromatic N) is 1. The van der Waals surface area contributed by atoms with Crippen LogP contribution < -0.4 is 0 Å². The van der Waals surface area contributed by atoms with E-state index in [4.69, 9.17) is 5.11 Å². The molecule has 21 heavy (non-hydrogen) atoms. The second kappa shape index (κ2) is 6.39. The fourth-order valence-electron chi connectivity index (χ4n) is 2.45. The van der Waals surface area contributed by atoms with Crippen molar-refractivity contribution in [3.8, 4) is 0 Å². The van der Waals surface area contributed by atoms with Gasteiger partial charge in [-0.2, -0.15) is 0 Å². The van der Waals surface area contributed by atoms with Crippen LogP contribution in [-0.4, -0.2) is 48.1 Å². The first-order valence-electron chi connectivity index (χ1n) is 6.69. The van der Waals surface area contributed by atoms with Gasteiger partial charge in [-0.15, -0.1) is 0 Å². The van der Waals surface area contributed by atoms with Crippen LogP contribution in [0.1, 0.15) is 34.7 Å². The summed E-state index contributed by atoms with van der Waals surface area (Å²) in [7, 11) is 1.30. The van der Waals surface area contributed by atoms with Crippen LogP contribution >= 0.6 is 0 Å². The fraction of sp³-hybridized carbons (Fsp3) is 0.400. The lowest BCUT2D eigenvalue weighted by atomic mass is 9.88. The number of amides is 1. The van der Waals surface area contributed by atoms with Crippen molar-refractivity contribution in [3.63, 3.8) is 0 Å². The number of carbonyl (C=O) groups excluding carboxylic acids is 2. The monoisotopic (exact) mass is 291 g/mol. The molecule has 1 amide bonds. The van der Waals surface area contributed by atoms with Gasteiger partial charge in [-0.05, 0) is 30.0 Å². The van der Waals surface area contributed by atoms with Crippen LogP contribution in [0, 0.1) is 0 Å². The maximum atomic E-state index is 12.0. The van der Waals surface area contributed by atoms with Gasteiger partial charge in [0.25, 0.3) is 0 Å². The minimum atomic E-state index is -0.967. The number of benzene rings is 1. The molecular weight excluding hydrogens is 274 g/mol. The third kappa shape index (κ3) is 3.59. The van der Waals surface area contributed by atoms with Gasteiger partial charge < -0.3 is 14.7 Å². The lowest BCUT2D eigenvalue weighted by Crippen LogP contribution is -2.41. The largest absolute Gasteiger partial charge is 0.478 e. The smallest absolute Gasteiger partial charge is 0.335 e. The van der Waals surface area contributed by atoms with Crippen molar-refractivity contribution < 1.29 is 24.2 Å². The number of piperidine rings is 1. The molecule has 112 valence electrons. The number of aromatic carboxylic acids is 1. The van der Waals surface area contributed by atoms with Gasteiger partial charge in [0.05, 0.1) is 12.7 Å². The summed E-state index contributed by atoms with van der Waals surface area (Å²) in [6, 6.07) is 6.58. The van der Waals surface area contributed by atoms with Gasteiger partial charge in [-0.3, -0.25) is 9.59 Å². The maximum absolute atomic E-state index is 12.0. The first-order chi connectivity index (χ1) is 10.0. The zero-order chi connectivity index (χ0) is 15.4. The van der Waals surface area contributed by atoms with Crippen molar-refractivity contribution in [3.05, 3.63) is 35.4 Å². The molecule has 1 aromatic rings. The highest BCUT2D eigenvalue weighted by atomic mass is 16.5. The summed E-state index contributed by atoms with van der Waals surface area (Å²) in [6.45, 7) is 0.485. The summed E-state index contributed by atoms with van der Waals surface area (Å²) in [4.78, 5) is 35.5. The predicted octanol–water partition coefficient (Wildman–Crippen LogP) is 1.26. The standard InChI is InChI=1S/C15H17NO5/c1-21-14(18)9-16-7-6-12(8-13(16)17)10-2-4-11(5-3-10)15(19)20/h2-5,12H,6-9H2,1H3,(H,19,20)/t12-/m1/s1. The van der Waals surface area contributed by atoms with E-state index in [-0.39, 0.29) is 23.9 Å². The Morgan fingerprint density at radius 2 is 2.00 bits per heavy atom. The fourth-order valence-corrected chi connectivity index (χ4v) is 2.45. The Morgan fingerprint density at radius 3 is 2.52 bits per heavy atom. The first kappa shape index (κ1) is 15.0. The minimum Gasteiger partial charge on any atom is -0.478 e. The molecule has 6 nitrogen and oxygen atoms in total. The van der Waals surface area contributed by atoms with Gasteiger partial charge in [0.15, 0.2) is 0 Å². The van der Waals surface area contributed by atoms with Gasteiger partial charge in [0.2, 0.25) is 5.91 Å². The molecule has 0 aromatic heterocycles. The van der Waals surface area contributed by atoms with Gasteiger partial charge >= 0.3 is 11.9 Å². The van der Waals surface area contributed by atoms with E-state index in [2.05, 4.69) is 4.74 Å². The van der Waals surface area contributed by atoms with Crippen molar-refractivity contribution in [2.45, 2.75) is 18.8 Å². The third-order valence-electron chi connectivity index (χ3n) is 3.70. The number of carboxylic acid groups (broad SMARTS) is 1. The molecule has 0 spiro atoms. The summed E-state index contributed by atoms with van der Waals surface area (Å²) in [5.74, 6) is -1.41. The lowest BCUT2D eigenvalue weighted by molar-refractivity contribution is -0.148. The number of carboxylic acids is 1. The predicted molar refractivity (Wildman–Crippen MR) is 74.0 cm³/mol. The molecule has 1 aliphatic heterocycles. The molecule has 2 rings (SSSR count). The van der Waals surface area contributed by atoms with E-state index in [1.807, 2.05) is 0 Å². The van der Waals surface area contributed by atoms with Crippen LogP contribution in [-0.2, 0) is 14.3 Å². The summed E-state index contributed by atoms with van der Waals surface area (Å²) in [6.07, 6.45) is 1.07. The van der Waals surface area contributed by atoms with Crippen molar-refractivity contribution in [1.82, 2.24) is 4.90 Å². The van der Waals surface area contributed by atoms with E-state index >= 15 is 0 Å². The molecule has 1 saturated heterocycles.